The Hall–Kier alpha value is -2.47. The predicted octanol–water partition coefficient (Wildman–Crippen LogP) is 3.76. The molecule has 5 nitrogen and oxygen atoms in total. The lowest BCUT2D eigenvalue weighted by Crippen LogP contribution is -2.53. The fourth-order valence-electron chi connectivity index (χ4n) is 3.78. The first kappa shape index (κ1) is 23.8. The molecule has 2 aromatic rings. The largest absolute Gasteiger partial charge is 0.497 e. The molecule has 0 spiro atoms. The highest BCUT2D eigenvalue weighted by molar-refractivity contribution is 7.80. The number of thiol groups is 1. The molecule has 0 fully saturated rings. The van der Waals surface area contributed by atoms with E-state index in [1.807, 2.05) is 55.5 Å². The van der Waals surface area contributed by atoms with Gasteiger partial charge in [-0.15, -0.1) is 12.6 Å². The molecule has 0 aliphatic heterocycles. The molecule has 2 atom stereocenters. The summed E-state index contributed by atoms with van der Waals surface area (Å²) in [6.45, 7) is 6.09. The molecule has 0 aliphatic rings. The molecule has 0 saturated carbocycles. The van der Waals surface area contributed by atoms with E-state index in [2.05, 4.69) is 37.1 Å². The highest BCUT2D eigenvalue weighted by Crippen LogP contribution is 2.35. The molecular weight excluding hydrogens is 396 g/mol. The summed E-state index contributed by atoms with van der Waals surface area (Å²) in [4.78, 5) is 26.9. The number of amides is 2. The molecule has 0 radical (unpaired) electrons. The number of rotatable bonds is 9. The molecule has 2 amide bonds. The van der Waals surface area contributed by atoms with Crippen LogP contribution < -0.4 is 15.4 Å². The van der Waals surface area contributed by atoms with E-state index in [0.29, 0.717) is 12.8 Å². The number of hydrogen-bond acceptors (Lipinski definition) is 4. The lowest BCUT2D eigenvalue weighted by Gasteiger charge is -2.33. The van der Waals surface area contributed by atoms with Crippen LogP contribution in [0.1, 0.15) is 38.3 Å². The summed E-state index contributed by atoms with van der Waals surface area (Å²) < 4.78 is 5.19. The van der Waals surface area contributed by atoms with Crippen molar-refractivity contribution in [2.24, 2.45) is 5.92 Å². The number of carbonyl (C=O) groups excluding carboxylic acids is 2. The Kier molecular flexibility index (Phi) is 8.35. The first-order chi connectivity index (χ1) is 14.2. The van der Waals surface area contributed by atoms with E-state index in [0.717, 1.165) is 21.8 Å². The van der Waals surface area contributed by atoms with Crippen molar-refractivity contribution in [3.8, 4) is 5.75 Å². The number of likely N-dealkylation sites (N-methyl/N-ethyl adjacent to an activating group) is 1. The molecule has 1 unspecified atom stereocenters. The Morgan fingerprint density at radius 1 is 1.10 bits per heavy atom. The van der Waals surface area contributed by atoms with E-state index in [9.17, 15) is 9.59 Å². The van der Waals surface area contributed by atoms with Gasteiger partial charge < -0.3 is 15.4 Å². The van der Waals surface area contributed by atoms with Gasteiger partial charge in [0.25, 0.3) is 0 Å². The number of ether oxygens (including phenoxy) is 1. The third-order valence-corrected chi connectivity index (χ3v) is 5.67. The number of carbonyl (C=O) groups is 2. The lowest BCUT2D eigenvalue weighted by atomic mass is 9.75. The van der Waals surface area contributed by atoms with Gasteiger partial charge in [-0.1, -0.05) is 44.2 Å². The summed E-state index contributed by atoms with van der Waals surface area (Å²) in [5.41, 5.74) is 0.989. The van der Waals surface area contributed by atoms with Crippen LogP contribution in [0.15, 0.2) is 53.4 Å². The minimum absolute atomic E-state index is 0.181. The Morgan fingerprint density at radius 2 is 1.73 bits per heavy atom. The summed E-state index contributed by atoms with van der Waals surface area (Å²) in [6, 6.07) is 14.4. The van der Waals surface area contributed by atoms with Gasteiger partial charge in [-0.2, -0.15) is 0 Å². The second-order valence-electron chi connectivity index (χ2n) is 8.14. The summed E-state index contributed by atoms with van der Waals surface area (Å²) in [5, 5.41) is 5.66. The minimum atomic E-state index is -0.807. The molecule has 2 aromatic carbocycles. The predicted molar refractivity (Wildman–Crippen MR) is 123 cm³/mol. The topological polar surface area (TPSA) is 67.4 Å². The molecule has 0 saturated heterocycles. The average molecular weight is 429 g/mol. The highest BCUT2D eigenvalue weighted by Gasteiger charge is 2.38. The number of benzene rings is 2. The molecule has 0 heterocycles. The monoisotopic (exact) mass is 428 g/mol. The van der Waals surface area contributed by atoms with Crippen molar-refractivity contribution < 1.29 is 14.3 Å². The Labute approximate surface area is 185 Å². The maximum absolute atomic E-state index is 13.5. The Bertz CT molecular complexity index is 867. The SMILES string of the molecule is CNC(=O)[C@H](Cc1ccc(OC)cc1)NC(=O)C(C)(CC(C)C)c1ccccc1S. The van der Waals surface area contributed by atoms with Crippen LogP contribution in [0.5, 0.6) is 5.75 Å². The average Bonchev–Trinajstić information content (AvgIpc) is 2.72. The third-order valence-electron chi connectivity index (χ3n) is 5.28. The summed E-state index contributed by atoms with van der Waals surface area (Å²) in [5.74, 6) is 0.618. The first-order valence-corrected chi connectivity index (χ1v) is 10.6. The second-order valence-corrected chi connectivity index (χ2v) is 8.62. The molecule has 6 heteroatoms. The molecule has 2 rings (SSSR count). The van der Waals surface area contributed by atoms with Gasteiger partial charge in [0, 0.05) is 18.4 Å². The maximum atomic E-state index is 13.5. The molecule has 162 valence electrons. The highest BCUT2D eigenvalue weighted by atomic mass is 32.1. The molecule has 2 N–H and O–H groups in total. The number of hydrogen-bond donors (Lipinski definition) is 3. The van der Waals surface area contributed by atoms with Gasteiger partial charge in [-0.05, 0) is 48.6 Å². The first-order valence-electron chi connectivity index (χ1n) is 10.1. The second kappa shape index (κ2) is 10.5. The van der Waals surface area contributed by atoms with Crippen LogP contribution in [0.4, 0.5) is 0 Å². The van der Waals surface area contributed by atoms with Crippen LogP contribution >= 0.6 is 12.6 Å². The third kappa shape index (κ3) is 5.79. The van der Waals surface area contributed by atoms with E-state index in [1.165, 1.54) is 0 Å². The molecule has 0 aromatic heterocycles. The normalized spacial score (nSPS) is 14.0. The van der Waals surface area contributed by atoms with Crippen molar-refractivity contribution in [1.82, 2.24) is 10.6 Å². The van der Waals surface area contributed by atoms with Gasteiger partial charge in [-0.3, -0.25) is 9.59 Å². The smallest absolute Gasteiger partial charge is 0.242 e. The van der Waals surface area contributed by atoms with Crippen molar-refractivity contribution in [3.05, 3.63) is 59.7 Å². The van der Waals surface area contributed by atoms with Crippen LogP contribution in [-0.4, -0.2) is 32.0 Å². The van der Waals surface area contributed by atoms with E-state index in [-0.39, 0.29) is 17.7 Å². The quantitative estimate of drug-likeness (QED) is 0.533. The summed E-state index contributed by atoms with van der Waals surface area (Å²) >= 11 is 4.59. The van der Waals surface area contributed by atoms with Crippen molar-refractivity contribution in [3.63, 3.8) is 0 Å². The molecular formula is C24H32N2O3S. The molecule has 30 heavy (non-hydrogen) atoms. The Balaban J connectivity index is 2.32. The van der Waals surface area contributed by atoms with Gasteiger partial charge in [-0.25, -0.2) is 0 Å². The van der Waals surface area contributed by atoms with Gasteiger partial charge in [0.1, 0.15) is 11.8 Å². The minimum Gasteiger partial charge on any atom is -0.497 e. The maximum Gasteiger partial charge on any atom is 0.242 e. The van der Waals surface area contributed by atoms with E-state index in [1.54, 1.807) is 14.2 Å². The zero-order chi connectivity index (χ0) is 22.3. The van der Waals surface area contributed by atoms with Crippen LogP contribution in [0.25, 0.3) is 0 Å². The van der Waals surface area contributed by atoms with E-state index in [4.69, 9.17) is 4.74 Å². The van der Waals surface area contributed by atoms with Crippen LogP contribution in [0.3, 0.4) is 0 Å². The van der Waals surface area contributed by atoms with Crippen LogP contribution in [-0.2, 0) is 21.4 Å². The van der Waals surface area contributed by atoms with E-state index < -0.39 is 11.5 Å². The van der Waals surface area contributed by atoms with Gasteiger partial charge in [0.15, 0.2) is 0 Å². The summed E-state index contributed by atoms with van der Waals surface area (Å²) in [7, 11) is 3.18. The molecule has 0 bridgehead atoms. The van der Waals surface area contributed by atoms with Crippen molar-refractivity contribution in [2.45, 2.75) is 50.0 Å². The lowest BCUT2D eigenvalue weighted by molar-refractivity contribution is -0.132. The van der Waals surface area contributed by atoms with Gasteiger partial charge in [0.2, 0.25) is 11.8 Å². The fourth-order valence-corrected chi connectivity index (χ4v) is 4.19. The number of nitrogens with one attached hydrogen (secondary N) is 2. The zero-order valence-corrected chi connectivity index (χ0v) is 19.3. The standard InChI is InChI=1S/C24H32N2O3S/c1-16(2)15-24(3,19-8-6-7-9-21(19)30)23(28)26-20(22(27)25-4)14-17-10-12-18(29-5)13-11-17/h6-13,16,20,30H,14-15H2,1-5H3,(H,25,27)(H,26,28)/t20-,24?/m0/s1. The van der Waals surface area contributed by atoms with Crippen LogP contribution in [0.2, 0.25) is 0 Å². The number of methoxy groups -OCH3 is 1. The van der Waals surface area contributed by atoms with Gasteiger partial charge in [0.05, 0.1) is 12.5 Å². The van der Waals surface area contributed by atoms with Crippen molar-refractivity contribution in [1.29, 1.82) is 0 Å². The van der Waals surface area contributed by atoms with E-state index >= 15 is 0 Å². The van der Waals surface area contributed by atoms with Gasteiger partial charge >= 0.3 is 0 Å². The van der Waals surface area contributed by atoms with Crippen molar-refractivity contribution >= 4 is 24.4 Å². The van der Waals surface area contributed by atoms with Crippen molar-refractivity contribution in [2.75, 3.05) is 14.2 Å². The Morgan fingerprint density at radius 3 is 2.27 bits per heavy atom. The summed E-state index contributed by atoms with van der Waals surface area (Å²) in [6.07, 6.45) is 1.02. The molecule has 0 aliphatic carbocycles. The zero-order valence-electron chi connectivity index (χ0n) is 18.4. The fraction of sp³-hybridized carbons (Fsp3) is 0.417. The van der Waals surface area contributed by atoms with Crippen LogP contribution in [0, 0.1) is 5.92 Å².